The second kappa shape index (κ2) is 8.19. The van der Waals surface area contributed by atoms with Gasteiger partial charge in [-0.05, 0) is 42.5 Å². The van der Waals surface area contributed by atoms with Gasteiger partial charge >= 0.3 is 0 Å². The maximum absolute atomic E-state index is 14.2. The summed E-state index contributed by atoms with van der Waals surface area (Å²) in [6.45, 7) is 0. The molecule has 1 heterocycles. The molecule has 0 aliphatic carbocycles. The smallest absolute Gasteiger partial charge is 0.271 e. The first-order valence-electron chi connectivity index (χ1n) is 9.26. The molecule has 0 spiro atoms. The van der Waals surface area contributed by atoms with Crippen molar-refractivity contribution in [3.63, 3.8) is 0 Å². The van der Waals surface area contributed by atoms with Gasteiger partial charge in [0.15, 0.2) is 0 Å². The third-order valence-electron chi connectivity index (χ3n) is 4.76. The fraction of sp³-hybridized carbons (Fsp3) is 0.0435. The number of hydrogen-bond donors (Lipinski definition) is 1. The van der Waals surface area contributed by atoms with Crippen molar-refractivity contribution in [3.05, 3.63) is 94.3 Å². The minimum Gasteiger partial charge on any atom is -0.497 e. The molecular formula is C23H16FN3O4. The molecule has 0 aliphatic heterocycles. The number of amides is 1. The van der Waals surface area contributed by atoms with E-state index in [0.717, 1.165) is 23.8 Å². The highest BCUT2D eigenvalue weighted by Crippen LogP contribution is 2.28. The van der Waals surface area contributed by atoms with Gasteiger partial charge in [-0.25, -0.2) is 9.37 Å². The Bertz CT molecular complexity index is 1310. The van der Waals surface area contributed by atoms with Crippen LogP contribution in [-0.4, -0.2) is 22.9 Å². The number of nitro groups is 1. The molecule has 7 nitrogen and oxygen atoms in total. The lowest BCUT2D eigenvalue weighted by atomic mass is 10.0. The van der Waals surface area contributed by atoms with Crippen LogP contribution in [0.2, 0.25) is 0 Å². The molecule has 1 amide bonds. The van der Waals surface area contributed by atoms with Gasteiger partial charge in [0.25, 0.3) is 11.6 Å². The lowest BCUT2D eigenvalue weighted by Gasteiger charge is -2.11. The monoisotopic (exact) mass is 417 g/mol. The van der Waals surface area contributed by atoms with Crippen molar-refractivity contribution in [3.8, 4) is 17.0 Å². The van der Waals surface area contributed by atoms with E-state index in [-0.39, 0.29) is 16.9 Å². The SMILES string of the molecule is COc1ccc(-c2cc(C(=O)Nc3cc([N+](=O)[O-])ccc3F)c3ccccc3n2)cc1. The van der Waals surface area contributed by atoms with Crippen LogP contribution in [0.15, 0.2) is 72.8 Å². The van der Waals surface area contributed by atoms with Crippen LogP contribution in [0.5, 0.6) is 5.75 Å². The van der Waals surface area contributed by atoms with Gasteiger partial charge in [-0.3, -0.25) is 14.9 Å². The van der Waals surface area contributed by atoms with E-state index in [1.807, 2.05) is 12.1 Å². The summed E-state index contributed by atoms with van der Waals surface area (Å²) in [6, 6.07) is 18.8. The number of carbonyl (C=O) groups excluding carboxylic acids is 1. The number of carbonyl (C=O) groups is 1. The summed E-state index contributed by atoms with van der Waals surface area (Å²) in [6.07, 6.45) is 0. The van der Waals surface area contributed by atoms with E-state index in [4.69, 9.17) is 4.74 Å². The molecule has 0 atom stereocenters. The summed E-state index contributed by atoms with van der Waals surface area (Å²) in [5, 5.41) is 14.0. The van der Waals surface area contributed by atoms with E-state index in [9.17, 15) is 19.3 Å². The zero-order chi connectivity index (χ0) is 22.0. The van der Waals surface area contributed by atoms with E-state index in [1.165, 1.54) is 0 Å². The quantitative estimate of drug-likeness (QED) is 0.355. The molecule has 31 heavy (non-hydrogen) atoms. The van der Waals surface area contributed by atoms with Crippen molar-refractivity contribution < 1.29 is 18.8 Å². The minimum absolute atomic E-state index is 0.266. The van der Waals surface area contributed by atoms with Gasteiger partial charge < -0.3 is 10.1 Å². The topological polar surface area (TPSA) is 94.4 Å². The van der Waals surface area contributed by atoms with E-state index in [0.29, 0.717) is 22.3 Å². The van der Waals surface area contributed by atoms with Crippen molar-refractivity contribution in [2.45, 2.75) is 0 Å². The first-order valence-corrected chi connectivity index (χ1v) is 9.26. The van der Waals surface area contributed by atoms with Gasteiger partial charge in [-0.1, -0.05) is 18.2 Å². The number of nitrogens with one attached hydrogen (secondary N) is 1. The van der Waals surface area contributed by atoms with Gasteiger partial charge in [-0.2, -0.15) is 0 Å². The van der Waals surface area contributed by atoms with Crippen LogP contribution in [0.4, 0.5) is 15.8 Å². The predicted octanol–water partition coefficient (Wildman–Crippen LogP) is 5.21. The molecule has 4 rings (SSSR count). The normalized spacial score (nSPS) is 10.6. The summed E-state index contributed by atoms with van der Waals surface area (Å²) in [4.78, 5) is 28.0. The average molecular weight is 417 g/mol. The number of hydrogen-bond acceptors (Lipinski definition) is 5. The van der Waals surface area contributed by atoms with Crippen LogP contribution < -0.4 is 10.1 Å². The number of halogens is 1. The van der Waals surface area contributed by atoms with Crippen LogP contribution in [0.25, 0.3) is 22.2 Å². The predicted molar refractivity (Wildman–Crippen MR) is 115 cm³/mol. The van der Waals surface area contributed by atoms with Crippen LogP contribution in [-0.2, 0) is 0 Å². The number of anilines is 1. The minimum atomic E-state index is -0.771. The molecule has 4 aromatic rings. The molecule has 0 bridgehead atoms. The Hall–Kier alpha value is -4.33. The molecule has 0 aliphatic rings. The fourth-order valence-corrected chi connectivity index (χ4v) is 3.19. The second-order valence-corrected chi connectivity index (χ2v) is 6.68. The molecular weight excluding hydrogens is 401 g/mol. The number of nitro benzene ring substituents is 1. The molecule has 3 aromatic carbocycles. The van der Waals surface area contributed by atoms with E-state index in [1.54, 1.807) is 49.6 Å². The van der Waals surface area contributed by atoms with Crippen molar-refractivity contribution >= 4 is 28.2 Å². The summed E-state index contributed by atoms with van der Waals surface area (Å²) in [7, 11) is 1.57. The highest BCUT2D eigenvalue weighted by atomic mass is 19.1. The van der Waals surface area contributed by atoms with Crippen LogP contribution in [0, 0.1) is 15.9 Å². The number of ether oxygens (including phenoxy) is 1. The lowest BCUT2D eigenvalue weighted by molar-refractivity contribution is -0.384. The van der Waals surface area contributed by atoms with Gasteiger partial charge in [0.2, 0.25) is 0 Å². The fourth-order valence-electron chi connectivity index (χ4n) is 3.19. The molecule has 0 fully saturated rings. The molecule has 0 radical (unpaired) electrons. The summed E-state index contributed by atoms with van der Waals surface area (Å²) < 4.78 is 19.4. The Labute approximate surface area is 176 Å². The Morgan fingerprint density at radius 2 is 1.81 bits per heavy atom. The van der Waals surface area contributed by atoms with Crippen molar-refractivity contribution in [1.82, 2.24) is 4.98 Å². The van der Waals surface area contributed by atoms with Crippen LogP contribution >= 0.6 is 0 Å². The lowest BCUT2D eigenvalue weighted by Crippen LogP contribution is -2.14. The number of nitrogens with zero attached hydrogens (tertiary/aromatic N) is 2. The molecule has 154 valence electrons. The zero-order valence-electron chi connectivity index (χ0n) is 16.3. The highest BCUT2D eigenvalue weighted by Gasteiger charge is 2.18. The molecule has 1 aromatic heterocycles. The Kier molecular flexibility index (Phi) is 5.28. The standard InChI is InChI=1S/C23H16FN3O4/c1-31-16-9-6-14(7-10-16)21-13-18(17-4-2-3-5-20(17)25-21)23(28)26-22-12-15(27(29)30)8-11-19(22)24/h2-13H,1H3,(H,26,28). The number of aromatic nitrogens is 1. The van der Waals surface area contributed by atoms with Gasteiger partial charge in [0, 0.05) is 23.1 Å². The Balaban J connectivity index is 1.78. The number of para-hydroxylation sites is 1. The number of pyridine rings is 1. The summed E-state index contributed by atoms with van der Waals surface area (Å²) in [5.41, 5.74) is 1.57. The second-order valence-electron chi connectivity index (χ2n) is 6.68. The first-order chi connectivity index (χ1) is 15.0. The van der Waals surface area contributed by atoms with Crippen molar-refractivity contribution in [1.29, 1.82) is 0 Å². The Morgan fingerprint density at radius 1 is 1.06 bits per heavy atom. The number of fused-ring (bicyclic) bond motifs is 1. The zero-order valence-corrected chi connectivity index (χ0v) is 16.3. The summed E-state index contributed by atoms with van der Waals surface area (Å²) >= 11 is 0. The van der Waals surface area contributed by atoms with Crippen LogP contribution in [0.3, 0.4) is 0 Å². The Morgan fingerprint density at radius 3 is 2.52 bits per heavy atom. The van der Waals surface area contributed by atoms with Crippen molar-refractivity contribution in [2.24, 2.45) is 0 Å². The number of non-ortho nitro benzene ring substituents is 1. The molecule has 0 saturated carbocycles. The first kappa shape index (κ1) is 20.0. The largest absolute Gasteiger partial charge is 0.497 e. The third-order valence-corrected chi connectivity index (χ3v) is 4.76. The molecule has 0 unspecified atom stereocenters. The van der Waals surface area contributed by atoms with Crippen LogP contribution in [0.1, 0.15) is 10.4 Å². The van der Waals surface area contributed by atoms with E-state index in [2.05, 4.69) is 10.3 Å². The number of rotatable bonds is 5. The van der Waals surface area contributed by atoms with Gasteiger partial charge in [0.05, 0.1) is 34.5 Å². The molecule has 8 heteroatoms. The van der Waals surface area contributed by atoms with Gasteiger partial charge in [0.1, 0.15) is 11.6 Å². The number of methoxy groups -OCH3 is 1. The average Bonchev–Trinajstić information content (AvgIpc) is 2.79. The highest BCUT2D eigenvalue weighted by molar-refractivity contribution is 6.13. The maximum Gasteiger partial charge on any atom is 0.271 e. The van der Waals surface area contributed by atoms with E-state index >= 15 is 0 Å². The molecule has 0 saturated heterocycles. The van der Waals surface area contributed by atoms with Gasteiger partial charge in [-0.15, -0.1) is 0 Å². The summed E-state index contributed by atoms with van der Waals surface area (Å²) in [5.74, 6) is -0.691. The van der Waals surface area contributed by atoms with Crippen molar-refractivity contribution in [2.75, 3.05) is 12.4 Å². The number of benzene rings is 3. The van der Waals surface area contributed by atoms with E-state index < -0.39 is 16.6 Å². The maximum atomic E-state index is 14.2. The molecule has 1 N–H and O–H groups in total. The third kappa shape index (κ3) is 4.04.